The van der Waals surface area contributed by atoms with Crippen molar-refractivity contribution in [1.82, 2.24) is 10.2 Å². The first kappa shape index (κ1) is 17.5. The molecule has 8 heteroatoms. The topological polar surface area (TPSA) is 77.6 Å². The number of alkyl halides is 2. The summed E-state index contributed by atoms with van der Waals surface area (Å²) >= 11 is 12.6. The summed E-state index contributed by atoms with van der Waals surface area (Å²) in [7, 11) is 0. The lowest BCUT2D eigenvalue weighted by atomic mass is 9.96. The number of aromatic nitrogens is 2. The normalized spacial score (nSPS) is 27.5. The number of hydrogen-bond acceptors (Lipinski definition) is 6. The lowest BCUT2D eigenvalue weighted by molar-refractivity contribution is -0.141. The van der Waals surface area contributed by atoms with E-state index < -0.39 is 22.1 Å². The van der Waals surface area contributed by atoms with E-state index in [1.807, 2.05) is 13.8 Å². The molecule has 2 atom stereocenters. The molecule has 1 aromatic heterocycles. The SMILES string of the molecule is CC1(C)OCC(c2nnc(C3=CC(Cl)(Cl)[C@H](C#CCO)C=C3)o2)O1. The summed E-state index contributed by atoms with van der Waals surface area (Å²) < 4.78 is 15.6. The van der Waals surface area contributed by atoms with Gasteiger partial charge in [0.15, 0.2) is 16.2 Å². The third-order valence-corrected chi connectivity index (χ3v) is 4.23. The first-order chi connectivity index (χ1) is 11.3. The second kappa shape index (κ2) is 6.51. The van der Waals surface area contributed by atoms with Crippen molar-refractivity contribution in [2.45, 2.75) is 30.1 Å². The third kappa shape index (κ3) is 3.66. The highest BCUT2D eigenvalue weighted by molar-refractivity contribution is 6.50. The lowest BCUT2D eigenvalue weighted by Gasteiger charge is -2.23. The molecule has 3 rings (SSSR count). The molecule has 1 fully saturated rings. The maximum atomic E-state index is 8.79. The van der Waals surface area contributed by atoms with Crippen LogP contribution in [0.5, 0.6) is 0 Å². The standard InChI is InChI=1S/C16H16Cl2N2O4/c1-15(2)22-9-12(24-15)14-20-19-13(23-14)10-5-6-11(4-3-7-21)16(17,18)8-10/h5-6,8,11-12,21H,7,9H2,1-2H3/t11-,12?/m1/s1. The Labute approximate surface area is 149 Å². The van der Waals surface area contributed by atoms with Gasteiger partial charge in [-0.05, 0) is 19.9 Å². The Morgan fingerprint density at radius 3 is 2.79 bits per heavy atom. The molecule has 0 radical (unpaired) electrons. The number of nitrogens with zero attached hydrogens (tertiary/aromatic N) is 2. The van der Waals surface area contributed by atoms with Gasteiger partial charge in [0.05, 0.1) is 12.5 Å². The van der Waals surface area contributed by atoms with E-state index in [2.05, 4.69) is 22.0 Å². The van der Waals surface area contributed by atoms with Crippen LogP contribution in [0.15, 0.2) is 22.6 Å². The molecule has 2 heterocycles. The number of aliphatic hydroxyl groups is 1. The van der Waals surface area contributed by atoms with Crippen LogP contribution < -0.4 is 0 Å². The Hall–Kier alpha value is -1.36. The molecule has 1 aliphatic carbocycles. The zero-order valence-corrected chi connectivity index (χ0v) is 14.6. The molecule has 6 nitrogen and oxygen atoms in total. The first-order valence-electron chi connectivity index (χ1n) is 7.34. The third-order valence-electron chi connectivity index (χ3n) is 3.54. The predicted molar refractivity (Wildman–Crippen MR) is 88.1 cm³/mol. The molecule has 1 aromatic rings. The molecule has 128 valence electrons. The Balaban J connectivity index is 1.79. The second-order valence-corrected chi connectivity index (χ2v) is 7.30. The van der Waals surface area contributed by atoms with Crippen LogP contribution in [0.4, 0.5) is 0 Å². The smallest absolute Gasteiger partial charge is 0.248 e. The summed E-state index contributed by atoms with van der Waals surface area (Å²) in [6.07, 6.45) is 4.68. The van der Waals surface area contributed by atoms with E-state index in [0.29, 0.717) is 18.1 Å². The number of aliphatic hydroxyl groups excluding tert-OH is 1. The van der Waals surface area contributed by atoms with E-state index in [1.54, 1.807) is 18.2 Å². The van der Waals surface area contributed by atoms with E-state index in [-0.39, 0.29) is 12.5 Å². The highest BCUT2D eigenvalue weighted by atomic mass is 35.5. The Morgan fingerprint density at radius 2 is 2.17 bits per heavy atom. The summed E-state index contributed by atoms with van der Waals surface area (Å²) in [6.45, 7) is 3.73. The Bertz CT molecular complexity index is 743. The maximum absolute atomic E-state index is 8.79. The minimum Gasteiger partial charge on any atom is -0.418 e. The molecular weight excluding hydrogens is 355 g/mol. The highest BCUT2D eigenvalue weighted by Gasteiger charge is 2.38. The van der Waals surface area contributed by atoms with E-state index in [0.717, 1.165) is 0 Å². The summed E-state index contributed by atoms with van der Waals surface area (Å²) in [5.41, 5.74) is 0.596. The van der Waals surface area contributed by atoms with Crippen molar-refractivity contribution < 1.29 is 19.0 Å². The number of rotatable bonds is 2. The summed E-state index contributed by atoms with van der Waals surface area (Å²) in [5.74, 6) is 4.85. The Kier molecular flexibility index (Phi) is 4.73. The van der Waals surface area contributed by atoms with Gasteiger partial charge in [0, 0.05) is 5.57 Å². The van der Waals surface area contributed by atoms with Crippen molar-refractivity contribution in [1.29, 1.82) is 0 Å². The van der Waals surface area contributed by atoms with E-state index in [9.17, 15) is 0 Å². The lowest BCUT2D eigenvalue weighted by Crippen LogP contribution is -2.23. The van der Waals surface area contributed by atoms with Crippen LogP contribution in [0.3, 0.4) is 0 Å². The molecular formula is C16H16Cl2N2O4. The van der Waals surface area contributed by atoms with Gasteiger partial charge in [-0.1, -0.05) is 47.2 Å². The first-order valence-corrected chi connectivity index (χ1v) is 8.10. The van der Waals surface area contributed by atoms with Gasteiger partial charge in [-0.25, -0.2) is 0 Å². The van der Waals surface area contributed by atoms with Crippen LogP contribution in [0, 0.1) is 17.8 Å². The zero-order chi connectivity index (χ0) is 17.4. The van der Waals surface area contributed by atoms with Crippen molar-refractivity contribution in [2.75, 3.05) is 13.2 Å². The van der Waals surface area contributed by atoms with Gasteiger partial charge in [-0.2, -0.15) is 0 Å². The molecule has 0 spiro atoms. The quantitative estimate of drug-likeness (QED) is 0.636. The minimum atomic E-state index is -1.25. The molecule has 1 unspecified atom stereocenters. The van der Waals surface area contributed by atoms with Crippen LogP contribution in [0.2, 0.25) is 0 Å². The predicted octanol–water partition coefficient (Wildman–Crippen LogP) is 2.63. The van der Waals surface area contributed by atoms with E-state index >= 15 is 0 Å². The maximum Gasteiger partial charge on any atom is 0.248 e. The van der Waals surface area contributed by atoms with E-state index in [1.165, 1.54) is 0 Å². The van der Waals surface area contributed by atoms with Gasteiger partial charge >= 0.3 is 0 Å². The molecule has 1 saturated heterocycles. The van der Waals surface area contributed by atoms with Crippen molar-refractivity contribution in [3.05, 3.63) is 30.0 Å². The Morgan fingerprint density at radius 1 is 1.38 bits per heavy atom. The van der Waals surface area contributed by atoms with Crippen LogP contribution >= 0.6 is 23.2 Å². The molecule has 1 N–H and O–H groups in total. The molecule has 24 heavy (non-hydrogen) atoms. The number of hydrogen-bond donors (Lipinski definition) is 1. The fourth-order valence-electron chi connectivity index (χ4n) is 2.40. The second-order valence-electron chi connectivity index (χ2n) is 5.85. The zero-order valence-electron chi connectivity index (χ0n) is 13.1. The van der Waals surface area contributed by atoms with Crippen LogP contribution in [-0.4, -0.2) is 38.6 Å². The van der Waals surface area contributed by atoms with Crippen LogP contribution in [0.1, 0.15) is 31.7 Å². The molecule has 0 bridgehead atoms. The van der Waals surface area contributed by atoms with Gasteiger partial charge < -0.3 is 19.0 Å². The fraction of sp³-hybridized carbons (Fsp3) is 0.500. The van der Waals surface area contributed by atoms with Crippen molar-refractivity contribution >= 4 is 28.8 Å². The molecule has 0 amide bonds. The average molecular weight is 371 g/mol. The molecule has 0 saturated carbocycles. The summed E-state index contributed by atoms with van der Waals surface area (Å²) in [4.78, 5) is 0. The monoisotopic (exact) mass is 370 g/mol. The van der Waals surface area contributed by atoms with Crippen LogP contribution in [0.25, 0.3) is 5.57 Å². The fourth-order valence-corrected chi connectivity index (χ4v) is 2.89. The van der Waals surface area contributed by atoms with Gasteiger partial charge in [0.25, 0.3) is 0 Å². The van der Waals surface area contributed by atoms with Gasteiger partial charge in [0.2, 0.25) is 11.8 Å². The summed E-state index contributed by atoms with van der Waals surface area (Å²) in [5, 5.41) is 16.8. The van der Waals surface area contributed by atoms with Crippen molar-refractivity contribution in [2.24, 2.45) is 5.92 Å². The van der Waals surface area contributed by atoms with Crippen molar-refractivity contribution in [3.63, 3.8) is 0 Å². The minimum absolute atomic E-state index is 0.252. The van der Waals surface area contributed by atoms with Crippen LogP contribution in [-0.2, 0) is 9.47 Å². The van der Waals surface area contributed by atoms with Crippen molar-refractivity contribution in [3.8, 4) is 11.8 Å². The molecule has 2 aliphatic rings. The number of allylic oxidation sites excluding steroid dienone is 4. The van der Waals surface area contributed by atoms with E-state index in [4.69, 9.17) is 42.2 Å². The van der Waals surface area contributed by atoms with Gasteiger partial charge in [0.1, 0.15) is 6.61 Å². The largest absolute Gasteiger partial charge is 0.418 e. The average Bonchev–Trinajstić information content (AvgIpc) is 3.11. The van der Waals surface area contributed by atoms with Gasteiger partial charge in [-0.3, -0.25) is 0 Å². The number of ether oxygens (including phenoxy) is 2. The van der Waals surface area contributed by atoms with Gasteiger partial charge in [-0.15, -0.1) is 10.2 Å². The molecule has 0 aromatic carbocycles. The number of halogens is 2. The highest BCUT2D eigenvalue weighted by Crippen LogP contribution is 2.40. The molecule has 1 aliphatic heterocycles. The summed E-state index contributed by atoms with van der Waals surface area (Å²) in [6, 6.07) is 0.